The quantitative estimate of drug-likeness (QED) is 0.740. The molecule has 4 nitrogen and oxygen atoms in total. The molecule has 0 bridgehead atoms. The average Bonchev–Trinajstić information content (AvgIpc) is 2.69. The third-order valence-electron chi connectivity index (χ3n) is 4.42. The summed E-state index contributed by atoms with van der Waals surface area (Å²) in [6, 6.07) is 12.2. The zero-order valence-electron chi connectivity index (χ0n) is 14.5. The van der Waals surface area contributed by atoms with Crippen molar-refractivity contribution >= 4 is 34.7 Å². The molecule has 5 heteroatoms. The standard InChI is InChI=1S/C21H20ClNO3/c1-26-21(25)18-13-17(22)10-11-19(18)23-20(24)16-9-5-8-15(12-16)14-6-3-2-4-7-14/h5-6,8-13H,2-4,7H2,1H3,(H,23,24). The van der Waals surface area contributed by atoms with Gasteiger partial charge >= 0.3 is 5.97 Å². The molecule has 0 spiro atoms. The maximum absolute atomic E-state index is 12.7. The summed E-state index contributed by atoms with van der Waals surface area (Å²) < 4.78 is 4.76. The number of carbonyl (C=O) groups is 2. The highest BCUT2D eigenvalue weighted by molar-refractivity contribution is 6.31. The van der Waals surface area contributed by atoms with E-state index in [1.807, 2.05) is 18.2 Å². The van der Waals surface area contributed by atoms with E-state index >= 15 is 0 Å². The number of esters is 1. The van der Waals surface area contributed by atoms with Gasteiger partial charge in [0.1, 0.15) is 0 Å². The number of anilines is 1. The number of hydrogen-bond donors (Lipinski definition) is 1. The first-order valence-corrected chi connectivity index (χ1v) is 8.95. The van der Waals surface area contributed by atoms with Gasteiger partial charge in [-0.25, -0.2) is 4.79 Å². The molecule has 2 aromatic rings. The highest BCUT2D eigenvalue weighted by atomic mass is 35.5. The molecule has 1 amide bonds. The minimum Gasteiger partial charge on any atom is -0.465 e. The second-order valence-electron chi connectivity index (χ2n) is 6.19. The molecule has 0 aromatic heterocycles. The molecule has 26 heavy (non-hydrogen) atoms. The molecule has 0 atom stereocenters. The number of methoxy groups -OCH3 is 1. The minimum absolute atomic E-state index is 0.222. The summed E-state index contributed by atoms with van der Waals surface area (Å²) in [5, 5.41) is 3.18. The molecule has 1 aliphatic carbocycles. The Balaban J connectivity index is 1.85. The third kappa shape index (κ3) is 4.14. The van der Waals surface area contributed by atoms with Crippen LogP contribution in [0.4, 0.5) is 5.69 Å². The molecule has 3 rings (SSSR count). The van der Waals surface area contributed by atoms with Crippen LogP contribution in [0.25, 0.3) is 5.57 Å². The van der Waals surface area contributed by atoms with E-state index in [0.717, 1.165) is 18.4 Å². The molecule has 0 aliphatic heterocycles. The summed E-state index contributed by atoms with van der Waals surface area (Å²) in [5.41, 5.74) is 3.49. The van der Waals surface area contributed by atoms with Crippen molar-refractivity contribution in [1.29, 1.82) is 0 Å². The minimum atomic E-state index is -0.552. The number of allylic oxidation sites excluding steroid dienone is 2. The molecule has 0 unspecified atom stereocenters. The Bertz CT molecular complexity index is 873. The van der Waals surface area contributed by atoms with Gasteiger partial charge < -0.3 is 10.1 Å². The largest absolute Gasteiger partial charge is 0.465 e. The van der Waals surface area contributed by atoms with Crippen molar-refractivity contribution in [3.8, 4) is 0 Å². The number of rotatable bonds is 4. The molecule has 134 valence electrons. The highest BCUT2D eigenvalue weighted by Crippen LogP contribution is 2.28. The van der Waals surface area contributed by atoms with Gasteiger partial charge in [0.2, 0.25) is 0 Å². The maximum Gasteiger partial charge on any atom is 0.340 e. The van der Waals surface area contributed by atoms with E-state index in [9.17, 15) is 9.59 Å². The summed E-state index contributed by atoms with van der Waals surface area (Å²) in [7, 11) is 1.29. The van der Waals surface area contributed by atoms with Crippen LogP contribution in [0.1, 0.15) is 52.0 Å². The summed E-state index contributed by atoms with van der Waals surface area (Å²) in [6.07, 6.45) is 6.76. The van der Waals surface area contributed by atoms with E-state index in [-0.39, 0.29) is 11.5 Å². The second kappa shape index (κ2) is 8.19. The number of ether oxygens (including phenoxy) is 1. The van der Waals surface area contributed by atoms with E-state index in [0.29, 0.717) is 16.3 Å². The number of hydrogen-bond acceptors (Lipinski definition) is 3. The summed E-state index contributed by atoms with van der Waals surface area (Å²) in [4.78, 5) is 24.6. The Labute approximate surface area is 157 Å². The molecule has 0 fully saturated rings. The van der Waals surface area contributed by atoms with Crippen molar-refractivity contribution in [3.05, 3.63) is 70.3 Å². The number of carbonyl (C=O) groups excluding carboxylic acids is 2. The molecular formula is C21H20ClNO3. The zero-order valence-corrected chi connectivity index (χ0v) is 15.3. The van der Waals surface area contributed by atoms with Crippen LogP contribution in [0, 0.1) is 0 Å². The summed E-state index contributed by atoms with van der Waals surface area (Å²) >= 11 is 5.95. The SMILES string of the molecule is COC(=O)c1cc(Cl)ccc1NC(=O)c1cccc(C2=CCCCC2)c1. The van der Waals surface area contributed by atoms with Crippen molar-refractivity contribution < 1.29 is 14.3 Å². The van der Waals surface area contributed by atoms with E-state index in [4.69, 9.17) is 16.3 Å². The Kier molecular flexibility index (Phi) is 5.74. The molecule has 0 radical (unpaired) electrons. The fraction of sp³-hybridized carbons (Fsp3) is 0.238. The van der Waals surface area contributed by atoms with Gasteiger partial charge in [-0.1, -0.05) is 29.8 Å². The Hall–Kier alpha value is -2.59. The Morgan fingerprint density at radius 1 is 1.12 bits per heavy atom. The Morgan fingerprint density at radius 2 is 1.96 bits per heavy atom. The van der Waals surface area contributed by atoms with Crippen LogP contribution in [0.5, 0.6) is 0 Å². The van der Waals surface area contributed by atoms with Crippen LogP contribution in [0.15, 0.2) is 48.5 Å². The van der Waals surface area contributed by atoms with Crippen LogP contribution < -0.4 is 5.32 Å². The lowest BCUT2D eigenvalue weighted by Gasteiger charge is -2.14. The van der Waals surface area contributed by atoms with Gasteiger partial charge in [0.05, 0.1) is 18.4 Å². The second-order valence-corrected chi connectivity index (χ2v) is 6.63. The molecular weight excluding hydrogens is 350 g/mol. The molecule has 0 heterocycles. The number of benzene rings is 2. The van der Waals surface area contributed by atoms with Gasteiger partial charge in [0, 0.05) is 10.6 Å². The average molecular weight is 370 g/mol. The summed E-state index contributed by atoms with van der Waals surface area (Å²) in [6.45, 7) is 0. The van der Waals surface area contributed by atoms with Crippen LogP contribution in [0.2, 0.25) is 5.02 Å². The first kappa shape index (κ1) is 18.2. The van der Waals surface area contributed by atoms with Gasteiger partial charge in [0.25, 0.3) is 5.91 Å². The lowest BCUT2D eigenvalue weighted by Crippen LogP contribution is -2.15. The predicted octanol–water partition coefficient (Wildman–Crippen LogP) is 5.34. The topological polar surface area (TPSA) is 55.4 Å². The predicted molar refractivity (Wildman–Crippen MR) is 104 cm³/mol. The fourth-order valence-electron chi connectivity index (χ4n) is 3.06. The first-order valence-electron chi connectivity index (χ1n) is 8.57. The van der Waals surface area contributed by atoms with Crippen molar-refractivity contribution in [3.63, 3.8) is 0 Å². The maximum atomic E-state index is 12.7. The normalized spacial score (nSPS) is 13.7. The molecule has 0 saturated carbocycles. The smallest absolute Gasteiger partial charge is 0.340 e. The number of amides is 1. The first-order chi connectivity index (χ1) is 12.6. The van der Waals surface area contributed by atoms with Gasteiger partial charge in [0.15, 0.2) is 0 Å². The van der Waals surface area contributed by atoms with Crippen molar-refractivity contribution in [1.82, 2.24) is 0 Å². The third-order valence-corrected chi connectivity index (χ3v) is 4.66. The van der Waals surface area contributed by atoms with Crippen molar-refractivity contribution in [2.45, 2.75) is 25.7 Å². The van der Waals surface area contributed by atoms with E-state index < -0.39 is 5.97 Å². The van der Waals surface area contributed by atoms with E-state index in [1.165, 1.54) is 31.6 Å². The van der Waals surface area contributed by atoms with Crippen LogP contribution in [-0.2, 0) is 4.74 Å². The lowest BCUT2D eigenvalue weighted by atomic mass is 9.93. The molecule has 1 N–H and O–H groups in total. The number of halogens is 1. The fourth-order valence-corrected chi connectivity index (χ4v) is 3.23. The van der Waals surface area contributed by atoms with Crippen LogP contribution in [-0.4, -0.2) is 19.0 Å². The van der Waals surface area contributed by atoms with Gasteiger partial charge in [-0.15, -0.1) is 0 Å². The molecule has 1 aliphatic rings. The van der Waals surface area contributed by atoms with Gasteiger partial charge in [-0.3, -0.25) is 4.79 Å². The van der Waals surface area contributed by atoms with E-state index in [1.54, 1.807) is 18.2 Å². The van der Waals surface area contributed by atoms with Gasteiger partial charge in [-0.2, -0.15) is 0 Å². The highest BCUT2D eigenvalue weighted by Gasteiger charge is 2.16. The molecule has 2 aromatic carbocycles. The number of nitrogens with one attached hydrogen (secondary N) is 1. The van der Waals surface area contributed by atoms with E-state index in [2.05, 4.69) is 11.4 Å². The van der Waals surface area contributed by atoms with Gasteiger partial charge in [-0.05, 0) is 67.2 Å². The van der Waals surface area contributed by atoms with Crippen LogP contribution >= 0.6 is 11.6 Å². The zero-order chi connectivity index (χ0) is 18.5. The van der Waals surface area contributed by atoms with Crippen molar-refractivity contribution in [2.75, 3.05) is 12.4 Å². The molecule has 0 saturated heterocycles. The van der Waals surface area contributed by atoms with Crippen molar-refractivity contribution in [2.24, 2.45) is 0 Å². The lowest BCUT2D eigenvalue weighted by molar-refractivity contribution is 0.0602. The Morgan fingerprint density at radius 3 is 2.69 bits per heavy atom. The summed E-state index contributed by atoms with van der Waals surface area (Å²) in [5.74, 6) is -0.834. The monoisotopic (exact) mass is 369 g/mol. The van der Waals surface area contributed by atoms with Crippen LogP contribution in [0.3, 0.4) is 0 Å².